The molecule has 2 heterocycles. The van der Waals surface area contributed by atoms with Gasteiger partial charge in [-0.2, -0.15) is 13.2 Å². The highest BCUT2D eigenvalue weighted by atomic mass is 19.4. The minimum atomic E-state index is -4.69. The molecule has 1 aromatic carbocycles. The van der Waals surface area contributed by atoms with Crippen LogP contribution >= 0.6 is 0 Å². The molecule has 0 unspecified atom stereocenters. The first kappa shape index (κ1) is 20.5. The molecule has 0 aliphatic carbocycles. The molecule has 2 aromatic heterocycles. The summed E-state index contributed by atoms with van der Waals surface area (Å²) in [5.74, 6) is -0.478. The summed E-state index contributed by atoms with van der Waals surface area (Å²) < 4.78 is 40.4. The molecule has 3 rings (SSSR count). The minimum absolute atomic E-state index is 0. The van der Waals surface area contributed by atoms with Crippen molar-refractivity contribution in [1.29, 1.82) is 0 Å². The van der Waals surface area contributed by atoms with Gasteiger partial charge in [0.2, 0.25) is 5.78 Å². The standard InChI is InChI=1S/C22H20F3N3O.3H2/c1-14(16-7-4-3-5-8-16)13-27-19-11-10-18(22(23,24)25)20(28-19)21(29)17-9-6-12-26-15(17)2;;;/h3-12,14H,13H2,1-2H3,(H,27,28);3*1H/t14-;;;/m1.../s1. The van der Waals surface area contributed by atoms with Crippen molar-refractivity contribution in [3.05, 3.63) is 88.9 Å². The van der Waals surface area contributed by atoms with Crippen LogP contribution in [0.1, 0.15) is 50.0 Å². The Balaban J connectivity index is 0.00000320. The van der Waals surface area contributed by atoms with Gasteiger partial charge in [-0.3, -0.25) is 9.78 Å². The van der Waals surface area contributed by atoms with Crippen molar-refractivity contribution in [2.24, 2.45) is 0 Å². The second kappa shape index (κ2) is 8.43. The number of halogens is 3. The van der Waals surface area contributed by atoms with Gasteiger partial charge in [-0.05, 0) is 42.7 Å². The zero-order valence-electron chi connectivity index (χ0n) is 16.0. The van der Waals surface area contributed by atoms with Crippen LogP contribution in [-0.2, 0) is 6.18 Å². The molecule has 7 heteroatoms. The Kier molecular flexibility index (Phi) is 5.96. The number of aromatic nitrogens is 2. The third-order valence-corrected chi connectivity index (χ3v) is 4.63. The Labute approximate surface area is 171 Å². The summed E-state index contributed by atoms with van der Waals surface area (Å²) in [7, 11) is 0. The molecule has 0 bridgehead atoms. The fourth-order valence-electron chi connectivity index (χ4n) is 2.97. The number of pyridine rings is 2. The third-order valence-electron chi connectivity index (χ3n) is 4.63. The quantitative estimate of drug-likeness (QED) is 0.512. The van der Waals surface area contributed by atoms with E-state index < -0.39 is 23.2 Å². The smallest absolute Gasteiger partial charge is 0.369 e. The number of anilines is 1. The summed E-state index contributed by atoms with van der Waals surface area (Å²) in [4.78, 5) is 20.8. The molecule has 0 spiro atoms. The van der Waals surface area contributed by atoms with Gasteiger partial charge in [-0.1, -0.05) is 37.3 Å². The second-order valence-electron chi connectivity index (χ2n) is 6.75. The van der Waals surface area contributed by atoms with Crippen molar-refractivity contribution in [1.82, 2.24) is 9.97 Å². The van der Waals surface area contributed by atoms with E-state index in [1.165, 1.54) is 24.4 Å². The molecular weight excluding hydrogens is 379 g/mol. The largest absolute Gasteiger partial charge is 0.418 e. The van der Waals surface area contributed by atoms with Crippen LogP contribution in [0.15, 0.2) is 60.8 Å². The SMILES string of the molecule is Cc1ncccc1C(=O)c1nc(NC[C@@H](C)c2ccccc2)ccc1C(F)(F)F.[HH].[HH].[HH]. The molecule has 3 aromatic rings. The molecule has 0 amide bonds. The Morgan fingerprint density at radius 1 is 1.10 bits per heavy atom. The highest BCUT2D eigenvalue weighted by Crippen LogP contribution is 2.33. The van der Waals surface area contributed by atoms with E-state index in [2.05, 4.69) is 15.3 Å². The molecule has 0 aliphatic rings. The van der Waals surface area contributed by atoms with Gasteiger partial charge < -0.3 is 5.32 Å². The lowest BCUT2D eigenvalue weighted by atomic mass is 10.0. The van der Waals surface area contributed by atoms with Crippen LogP contribution in [-0.4, -0.2) is 22.3 Å². The van der Waals surface area contributed by atoms with E-state index in [-0.39, 0.29) is 21.6 Å². The van der Waals surface area contributed by atoms with E-state index in [1.807, 2.05) is 37.3 Å². The maximum absolute atomic E-state index is 13.5. The molecule has 0 aliphatic heterocycles. The average Bonchev–Trinajstić information content (AvgIpc) is 2.71. The zero-order valence-corrected chi connectivity index (χ0v) is 16.0. The number of nitrogens with zero attached hydrogens (tertiary/aromatic N) is 2. The number of nitrogens with one attached hydrogen (secondary N) is 1. The number of hydrogen-bond acceptors (Lipinski definition) is 4. The van der Waals surface area contributed by atoms with Crippen LogP contribution in [0.4, 0.5) is 19.0 Å². The first-order valence-corrected chi connectivity index (χ1v) is 9.10. The Morgan fingerprint density at radius 3 is 2.48 bits per heavy atom. The summed E-state index contributed by atoms with van der Waals surface area (Å²) in [6.07, 6.45) is -3.21. The molecule has 0 radical (unpaired) electrons. The van der Waals surface area contributed by atoms with Gasteiger partial charge in [0.1, 0.15) is 11.5 Å². The molecule has 0 saturated carbocycles. The van der Waals surface area contributed by atoms with Gasteiger partial charge in [0.05, 0.1) is 5.56 Å². The van der Waals surface area contributed by atoms with Gasteiger partial charge in [-0.25, -0.2) is 4.98 Å². The van der Waals surface area contributed by atoms with Crippen LogP contribution in [0.5, 0.6) is 0 Å². The number of alkyl halides is 3. The highest BCUT2D eigenvalue weighted by Gasteiger charge is 2.37. The van der Waals surface area contributed by atoms with Crippen LogP contribution in [0.2, 0.25) is 0 Å². The molecule has 0 saturated heterocycles. The molecule has 29 heavy (non-hydrogen) atoms. The fourth-order valence-corrected chi connectivity index (χ4v) is 2.97. The lowest BCUT2D eigenvalue weighted by molar-refractivity contribution is -0.138. The third kappa shape index (κ3) is 4.80. The number of hydrogen-bond donors (Lipinski definition) is 1. The normalized spacial score (nSPS) is 12.4. The fraction of sp³-hybridized carbons (Fsp3) is 0.227. The number of aryl methyl sites for hydroxylation is 1. The van der Waals surface area contributed by atoms with Crippen LogP contribution in [0, 0.1) is 6.92 Å². The average molecular weight is 405 g/mol. The summed E-state index contributed by atoms with van der Waals surface area (Å²) >= 11 is 0. The maximum atomic E-state index is 13.5. The van der Waals surface area contributed by atoms with Crippen molar-refractivity contribution in [2.45, 2.75) is 25.9 Å². The molecular formula is C22H26F3N3O. The summed E-state index contributed by atoms with van der Waals surface area (Å²) in [6.45, 7) is 4.03. The molecule has 156 valence electrons. The predicted octanol–water partition coefficient (Wildman–Crippen LogP) is 5.99. The van der Waals surface area contributed by atoms with Gasteiger partial charge in [0.15, 0.2) is 0 Å². The first-order chi connectivity index (χ1) is 13.8. The van der Waals surface area contributed by atoms with Gasteiger partial charge in [-0.15, -0.1) is 0 Å². The second-order valence-corrected chi connectivity index (χ2v) is 6.75. The summed E-state index contributed by atoms with van der Waals surface area (Å²) in [5.41, 5.74) is -0.156. The van der Waals surface area contributed by atoms with Crippen LogP contribution in [0.25, 0.3) is 0 Å². The van der Waals surface area contributed by atoms with Crippen molar-refractivity contribution >= 4 is 11.6 Å². The molecule has 1 N–H and O–H groups in total. The number of carbonyl (C=O) groups excluding carboxylic acids is 1. The van der Waals surface area contributed by atoms with E-state index in [9.17, 15) is 18.0 Å². The lowest BCUT2D eigenvalue weighted by Gasteiger charge is -2.16. The van der Waals surface area contributed by atoms with E-state index in [4.69, 9.17) is 0 Å². The Hall–Kier alpha value is -3.22. The number of carbonyl (C=O) groups is 1. The van der Waals surface area contributed by atoms with Crippen molar-refractivity contribution in [2.75, 3.05) is 11.9 Å². The summed E-state index contributed by atoms with van der Waals surface area (Å²) in [6, 6.07) is 14.8. The van der Waals surface area contributed by atoms with Crippen molar-refractivity contribution in [3.63, 3.8) is 0 Å². The molecule has 4 nitrogen and oxygen atoms in total. The number of rotatable bonds is 6. The van der Waals surface area contributed by atoms with Crippen LogP contribution in [0.3, 0.4) is 0 Å². The van der Waals surface area contributed by atoms with Gasteiger partial charge in [0.25, 0.3) is 0 Å². The van der Waals surface area contributed by atoms with E-state index in [1.54, 1.807) is 6.92 Å². The lowest BCUT2D eigenvalue weighted by Crippen LogP contribution is -2.19. The van der Waals surface area contributed by atoms with E-state index in [0.29, 0.717) is 12.2 Å². The van der Waals surface area contributed by atoms with E-state index >= 15 is 0 Å². The minimum Gasteiger partial charge on any atom is -0.369 e. The highest BCUT2D eigenvalue weighted by molar-refractivity contribution is 6.09. The van der Waals surface area contributed by atoms with Crippen molar-refractivity contribution in [3.8, 4) is 0 Å². The number of ketones is 1. The molecule has 1 atom stereocenters. The monoisotopic (exact) mass is 405 g/mol. The predicted molar refractivity (Wildman–Crippen MR) is 111 cm³/mol. The Bertz CT molecular complexity index is 1020. The van der Waals surface area contributed by atoms with Crippen molar-refractivity contribution < 1.29 is 22.2 Å². The van der Waals surface area contributed by atoms with Crippen LogP contribution < -0.4 is 5.32 Å². The Morgan fingerprint density at radius 2 is 1.83 bits per heavy atom. The maximum Gasteiger partial charge on any atom is 0.418 e. The zero-order chi connectivity index (χ0) is 21.0. The first-order valence-electron chi connectivity index (χ1n) is 9.10. The summed E-state index contributed by atoms with van der Waals surface area (Å²) in [5, 5.41) is 3.04. The van der Waals surface area contributed by atoms with E-state index in [0.717, 1.165) is 11.6 Å². The van der Waals surface area contributed by atoms with Gasteiger partial charge >= 0.3 is 6.18 Å². The topological polar surface area (TPSA) is 54.9 Å². The number of benzene rings is 1. The molecule has 0 fully saturated rings. The van der Waals surface area contributed by atoms with Gasteiger partial charge in [0, 0.05) is 28.3 Å².